The van der Waals surface area contributed by atoms with Crippen LogP contribution in [0.5, 0.6) is 0 Å². The lowest BCUT2D eigenvalue weighted by Gasteiger charge is -2.42. The van der Waals surface area contributed by atoms with Gasteiger partial charge in [-0.05, 0) is 24.7 Å². The molecule has 0 saturated carbocycles. The summed E-state index contributed by atoms with van der Waals surface area (Å²) >= 11 is 0. The molecule has 1 fully saturated rings. The van der Waals surface area contributed by atoms with Gasteiger partial charge in [0.2, 0.25) is 5.91 Å². The Bertz CT molecular complexity index is 1300. The first kappa shape index (κ1) is 19.0. The average Bonchev–Trinajstić information content (AvgIpc) is 3.39. The van der Waals surface area contributed by atoms with Gasteiger partial charge in [0.15, 0.2) is 5.78 Å². The lowest BCUT2D eigenvalue weighted by atomic mass is 9.58. The van der Waals surface area contributed by atoms with E-state index in [1.54, 1.807) is 12.1 Å². The summed E-state index contributed by atoms with van der Waals surface area (Å²) in [5.41, 5.74) is 0.533. The smallest absolute Gasteiger partial charge is 0.251 e. The minimum atomic E-state index is -1.40. The number of Topliss-reactive ketones (excluding diaryl/α,β-unsaturated/α-hetero) is 1. The molecule has 3 heterocycles. The number of likely N-dealkylation sites (tertiary alicyclic amines) is 1. The van der Waals surface area contributed by atoms with Gasteiger partial charge in [-0.3, -0.25) is 19.3 Å². The van der Waals surface area contributed by atoms with Gasteiger partial charge in [0.1, 0.15) is 11.0 Å². The summed E-state index contributed by atoms with van der Waals surface area (Å²) < 4.78 is 0. The molecular weight excluding hydrogens is 402 g/mol. The van der Waals surface area contributed by atoms with E-state index < -0.39 is 16.9 Å². The summed E-state index contributed by atoms with van der Waals surface area (Å²) in [4.78, 5) is 43.7. The number of hydrogen-bond donors (Lipinski definition) is 2. The number of hydrogen-bond acceptors (Lipinski definition) is 4. The van der Waals surface area contributed by atoms with E-state index in [2.05, 4.69) is 10.6 Å². The van der Waals surface area contributed by atoms with E-state index in [1.807, 2.05) is 78.7 Å². The molecule has 1 saturated heterocycles. The lowest BCUT2D eigenvalue weighted by molar-refractivity contribution is -0.136. The summed E-state index contributed by atoms with van der Waals surface area (Å²) in [6.07, 6.45) is 0. The van der Waals surface area contributed by atoms with E-state index >= 15 is 0 Å². The summed E-state index contributed by atoms with van der Waals surface area (Å²) in [5, 5.41) is 5.98. The van der Waals surface area contributed by atoms with E-state index in [4.69, 9.17) is 0 Å². The molecule has 6 nitrogen and oxygen atoms in total. The van der Waals surface area contributed by atoms with Crippen LogP contribution in [0.25, 0.3) is 0 Å². The largest absolute Gasteiger partial charge is 0.325 e. The molecular formula is C26H21N3O3. The molecule has 0 aromatic heterocycles. The number of likely N-dealkylation sites (N-methyl/N-ethyl adjacent to an activating group) is 1. The van der Waals surface area contributed by atoms with Gasteiger partial charge in [-0.1, -0.05) is 66.7 Å². The zero-order valence-electron chi connectivity index (χ0n) is 17.5. The van der Waals surface area contributed by atoms with Crippen LogP contribution in [0, 0.1) is 5.92 Å². The van der Waals surface area contributed by atoms with Crippen LogP contribution in [0.3, 0.4) is 0 Å². The maximum Gasteiger partial charge on any atom is 0.251 e. The van der Waals surface area contributed by atoms with Crippen molar-refractivity contribution in [2.24, 2.45) is 5.92 Å². The first-order valence-corrected chi connectivity index (χ1v) is 10.7. The Balaban J connectivity index is 1.70. The van der Waals surface area contributed by atoms with Gasteiger partial charge in [0, 0.05) is 29.0 Å². The zero-order valence-corrected chi connectivity index (χ0v) is 17.5. The van der Waals surface area contributed by atoms with E-state index in [0.29, 0.717) is 22.5 Å². The molecule has 6 heteroatoms. The fourth-order valence-corrected chi connectivity index (χ4v) is 6.18. The van der Waals surface area contributed by atoms with Crippen molar-refractivity contribution >= 4 is 29.0 Å². The van der Waals surface area contributed by atoms with E-state index in [0.717, 1.165) is 5.56 Å². The Morgan fingerprint density at radius 3 is 2.09 bits per heavy atom. The zero-order chi connectivity index (χ0) is 22.1. The highest BCUT2D eigenvalue weighted by molar-refractivity contribution is 6.20. The van der Waals surface area contributed by atoms with Crippen LogP contribution in [0.2, 0.25) is 0 Å². The van der Waals surface area contributed by atoms with Crippen molar-refractivity contribution in [3.8, 4) is 0 Å². The number of para-hydroxylation sites is 2. The number of benzene rings is 3. The highest BCUT2D eigenvalue weighted by atomic mass is 16.2. The molecule has 2 N–H and O–H groups in total. The van der Waals surface area contributed by atoms with Crippen LogP contribution in [0.4, 0.5) is 11.4 Å². The molecule has 6 rings (SSSR count). The molecule has 2 spiro atoms. The maximum atomic E-state index is 14.0. The predicted molar refractivity (Wildman–Crippen MR) is 120 cm³/mol. The second kappa shape index (κ2) is 6.37. The van der Waals surface area contributed by atoms with E-state index in [9.17, 15) is 14.4 Å². The monoisotopic (exact) mass is 423 g/mol. The van der Waals surface area contributed by atoms with Crippen LogP contribution in [-0.2, 0) is 20.5 Å². The van der Waals surface area contributed by atoms with Gasteiger partial charge in [-0.15, -0.1) is 0 Å². The molecule has 0 unspecified atom stereocenters. The highest BCUT2D eigenvalue weighted by Gasteiger charge is 2.77. The maximum absolute atomic E-state index is 14.0. The molecule has 2 amide bonds. The SMILES string of the molecule is CN1C[C@H](C(=O)c2ccccc2)[C@]2(C(=O)Nc3ccccc32)[C@]12C(=O)Nc1ccccc12. The second-order valence-electron chi connectivity index (χ2n) is 8.68. The number of carbonyl (C=O) groups excluding carboxylic acids is 3. The number of carbonyl (C=O) groups is 3. The summed E-state index contributed by atoms with van der Waals surface area (Å²) in [5.74, 6) is -1.48. The van der Waals surface area contributed by atoms with Gasteiger partial charge in [-0.25, -0.2) is 0 Å². The summed E-state index contributed by atoms with van der Waals surface area (Å²) in [6.45, 7) is 0.275. The highest BCUT2D eigenvalue weighted by Crippen LogP contribution is 2.63. The topological polar surface area (TPSA) is 78.5 Å². The molecule has 32 heavy (non-hydrogen) atoms. The molecule has 0 aliphatic carbocycles. The van der Waals surface area contributed by atoms with Crippen molar-refractivity contribution in [2.45, 2.75) is 11.0 Å². The second-order valence-corrected chi connectivity index (χ2v) is 8.68. The van der Waals surface area contributed by atoms with Crippen LogP contribution >= 0.6 is 0 Å². The third-order valence-corrected chi connectivity index (χ3v) is 7.35. The lowest BCUT2D eigenvalue weighted by Crippen LogP contribution is -2.61. The number of amides is 2. The third kappa shape index (κ3) is 2.01. The molecule has 3 aliphatic rings. The molecule has 3 atom stereocenters. The Morgan fingerprint density at radius 1 is 0.812 bits per heavy atom. The Kier molecular flexibility index (Phi) is 3.77. The van der Waals surface area contributed by atoms with Gasteiger partial charge in [0.05, 0.1) is 5.92 Å². The number of anilines is 2. The van der Waals surface area contributed by atoms with Crippen LogP contribution in [0.15, 0.2) is 78.9 Å². The molecule has 0 bridgehead atoms. The van der Waals surface area contributed by atoms with Gasteiger partial charge in [0.25, 0.3) is 5.91 Å². The van der Waals surface area contributed by atoms with E-state index in [-0.39, 0.29) is 24.1 Å². The van der Waals surface area contributed by atoms with Crippen LogP contribution < -0.4 is 10.6 Å². The normalized spacial score (nSPS) is 28.0. The fraction of sp³-hybridized carbons (Fsp3) is 0.192. The molecule has 3 aliphatic heterocycles. The summed E-state index contributed by atoms with van der Waals surface area (Å²) in [6, 6.07) is 23.9. The molecule has 158 valence electrons. The Morgan fingerprint density at radius 2 is 1.38 bits per heavy atom. The quantitative estimate of drug-likeness (QED) is 0.621. The standard InChI is InChI=1S/C26H21N3O3/c1-29-15-19(22(30)16-9-3-2-4-10-16)25(17-11-5-7-13-20(17)27-23(25)31)26(29)18-12-6-8-14-21(18)28-24(26)32/h2-14,19H,15H2,1H3,(H,27,31)(H,28,32)/t19-,25-,26+/m1/s1. The van der Waals surface area contributed by atoms with Crippen molar-refractivity contribution in [3.63, 3.8) is 0 Å². The first-order chi connectivity index (χ1) is 15.5. The minimum absolute atomic E-state index is 0.140. The van der Waals surface area contributed by atoms with Crippen molar-refractivity contribution in [3.05, 3.63) is 95.6 Å². The first-order valence-electron chi connectivity index (χ1n) is 10.7. The van der Waals surface area contributed by atoms with Gasteiger partial charge >= 0.3 is 0 Å². The van der Waals surface area contributed by atoms with Crippen molar-refractivity contribution in [2.75, 3.05) is 24.2 Å². The van der Waals surface area contributed by atoms with Gasteiger partial charge in [-0.2, -0.15) is 0 Å². The Hall–Kier alpha value is -3.77. The number of nitrogens with one attached hydrogen (secondary N) is 2. The van der Waals surface area contributed by atoms with Crippen molar-refractivity contribution in [1.29, 1.82) is 0 Å². The average molecular weight is 423 g/mol. The fourth-order valence-electron chi connectivity index (χ4n) is 6.18. The van der Waals surface area contributed by atoms with Crippen molar-refractivity contribution < 1.29 is 14.4 Å². The Labute approximate surface area is 185 Å². The molecule has 0 radical (unpaired) electrons. The van der Waals surface area contributed by atoms with Crippen LogP contribution in [-0.4, -0.2) is 36.1 Å². The van der Waals surface area contributed by atoms with Gasteiger partial charge < -0.3 is 10.6 Å². The van der Waals surface area contributed by atoms with E-state index in [1.165, 1.54) is 0 Å². The molecule has 3 aromatic rings. The number of nitrogens with zero attached hydrogens (tertiary/aromatic N) is 1. The summed E-state index contributed by atoms with van der Waals surface area (Å²) in [7, 11) is 1.83. The molecule has 3 aromatic carbocycles. The number of ketones is 1. The number of rotatable bonds is 2. The van der Waals surface area contributed by atoms with Crippen LogP contribution in [0.1, 0.15) is 21.5 Å². The van der Waals surface area contributed by atoms with Crippen molar-refractivity contribution in [1.82, 2.24) is 4.90 Å². The predicted octanol–water partition coefficient (Wildman–Crippen LogP) is 3.17. The number of fused-ring (bicyclic) bond motifs is 5. The third-order valence-electron chi connectivity index (χ3n) is 7.35. The minimum Gasteiger partial charge on any atom is -0.325 e.